The highest BCUT2D eigenvalue weighted by Gasteiger charge is 2.27. The summed E-state index contributed by atoms with van der Waals surface area (Å²) in [6.45, 7) is 6.86. The summed E-state index contributed by atoms with van der Waals surface area (Å²) < 4.78 is 5.66. The Morgan fingerprint density at radius 1 is 1.44 bits per heavy atom. The van der Waals surface area contributed by atoms with Gasteiger partial charge in [0.2, 0.25) is 5.91 Å². The lowest BCUT2D eigenvalue weighted by molar-refractivity contribution is -0.132. The summed E-state index contributed by atoms with van der Waals surface area (Å²) in [6, 6.07) is 0.383. The van der Waals surface area contributed by atoms with Crippen molar-refractivity contribution in [3.8, 4) is 0 Å². The van der Waals surface area contributed by atoms with E-state index < -0.39 is 0 Å². The Labute approximate surface area is 110 Å². The van der Waals surface area contributed by atoms with E-state index in [4.69, 9.17) is 4.74 Å². The lowest BCUT2D eigenvalue weighted by Gasteiger charge is -2.32. The largest absolute Gasteiger partial charge is 0.378 e. The molecular weight excluding hydrogens is 228 g/mol. The van der Waals surface area contributed by atoms with Crippen molar-refractivity contribution >= 4 is 5.91 Å². The number of carbonyl (C=O) groups excluding carboxylic acids is 1. The fourth-order valence-corrected chi connectivity index (χ4v) is 2.95. The minimum atomic E-state index is -0.0521. The molecule has 3 atom stereocenters. The van der Waals surface area contributed by atoms with E-state index in [-0.39, 0.29) is 11.9 Å². The van der Waals surface area contributed by atoms with Crippen LogP contribution in [0, 0.1) is 0 Å². The SMILES string of the molecule is CCC1CC(NC(C)C(=O)N2CCCC2)CCO1. The van der Waals surface area contributed by atoms with Gasteiger partial charge < -0.3 is 15.0 Å². The van der Waals surface area contributed by atoms with Crippen molar-refractivity contribution in [3.05, 3.63) is 0 Å². The summed E-state index contributed by atoms with van der Waals surface area (Å²) >= 11 is 0. The molecule has 0 aromatic heterocycles. The molecule has 0 aliphatic carbocycles. The molecule has 0 aromatic carbocycles. The minimum Gasteiger partial charge on any atom is -0.378 e. The highest BCUT2D eigenvalue weighted by molar-refractivity contribution is 5.81. The summed E-state index contributed by atoms with van der Waals surface area (Å²) in [6.07, 6.45) is 5.81. The van der Waals surface area contributed by atoms with Gasteiger partial charge in [0.25, 0.3) is 0 Å². The Morgan fingerprint density at radius 3 is 2.83 bits per heavy atom. The zero-order chi connectivity index (χ0) is 13.0. The molecule has 4 nitrogen and oxygen atoms in total. The van der Waals surface area contributed by atoms with Crippen LogP contribution in [0.4, 0.5) is 0 Å². The number of hydrogen-bond donors (Lipinski definition) is 1. The molecule has 2 saturated heterocycles. The highest BCUT2D eigenvalue weighted by Crippen LogP contribution is 2.17. The summed E-state index contributed by atoms with van der Waals surface area (Å²) in [5, 5.41) is 3.49. The molecule has 0 saturated carbocycles. The third-order valence-corrected chi connectivity index (χ3v) is 4.10. The van der Waals surface area contributed by atoms with Gasteiger partial charge in [0, 0.05) is 25.7 Å². The summed E-state index contributed by atoms with van der Waals surface area (Å²) in [5.41, 5.74) is 0. The van der Waals surface area contributed by atoms with E-state index in [2.05, 4.69) is 12.2 Å². The molecule has 0 spiro atoms. The van der Waals surface area contributed by atoms with E-state index in [0.29, 0.717) is 12.1 Å². The van der Waals surface area contributed by atoms with E-state index in [0.717, 1.165) is 51.8 Å². The van der Waals surface area contributed by atoms with Crippen LogP contribution in [0.25, 0.3) is 0 Å². The van der Waals surface area contributed by atoms with E-state index in [1.165, 1.54) is 0 Å². The fraction of sp³-hybridized carbons (Fsp3) is 0.929. The molecule has 1 N–H and O–H groups in total. The average Bonchev–Trinajstić information content (AvgIpc) is 2.92. The molecule has 0 aromatic rings. The number of nitrogens with one attached hydrogen (secondary N) is 1. The van der Waals surface area contributed by atoms with E-state index in [9.17, 15) is 4.79 Å². The summed E-state index contributed by atoms with van der Waals surface area (Å²) in [5.74, 6) is 0.270. The second-order valence-corrected chi connectivity index (χ2v) is 5.54. The second kappa shape index (κ2) is 6.53. The quantitative estimate of drug-likeness (QED) is 0.827. The molecule has 104 valence electrons. The van der Waals surface area contributed by atoms with Crippen molar-refractivity contribution in [3.63, 3.8) is 0 Å². The van der Waals surface area contributed by atoms with Crippen LogP contribution in [-0.2, 0) is 9.53 Å². The number of amides is 1. The van der Waals surface area contributed by atoms with Gasteiger partial charge in [0.15, 0.2) is 0 Å². The maximum absolute atomic E-state index is 12.2. The Balaban J connectivity index is 1.78. The van der Waals surface area contributed by atoms with E-state index in [1.807, 2.05) is 11.8 Å². The van der Waals surface area contributed by atoms with Gasteiger partial charge in [-0.1, -0.05) is 6.92 Å². The average molecular weight is 254 g/mol. The molecule has 2 fully saturated rings. The van der Waals surface area contributed by atoms with Gasteiger partial charge in [0.05, 0.1) is 12.1 Å². The third kappa shape index (κ3) is 3.45. The van der Waals surface area contributed by atoms with E-state index in [1.54, 1.807) is 0 Å². The van der Waals surface area contributed by atoms with Crippen LogP contribution in [0.2, 0.25) is 0 Å². The molecule has 0 bridgehead atoms. The highest BCUT2D eigenvalue weighted by atomic mass is 16.5. The molecule has 4 heteroatoms. The predicted molar refractivity (Wildman–Crippen MR) is 71.5 cm³/mol. The summed E-state index contributed by atoms with van der Waals surface area (Å²) in [4.78, 5) is 14.2. The monoisotopic (exact) mass is 254 g/mol. The zero-order valence-corrected chi connectivity index (χ0v) is 11.7. The maximum atomic E-state index is 12.2. The van der Waals surface area contributed by atoms with Crippen LogP contribution >= 0.6 is 0 Å². The molecule has 18 heavy (non-hydrogen) atoms. The lowest BCUT2D eigenvalue weighted by Crippen LogP contribution is -2.50. The molecule has 3 unspecified atom stereocenters. The van der Waals surface area contributed by atoms with Crippen molar-refractivity contribution in [1.29, 1.82) is 0 Å². The van der Waals surface area contributed by atoms with Gasteiger partial charge >= 0.3 is 0 Å². The maximum Gasteiger partial charge on any atom is 0.239 e. The van der Waals surface area contributed by atoms with Gasteiger partial charge in [0.1, 0.15) is 0 Å². The Hall–Kier alpha value is -0.610. The van der Waals surface area contributed by atoms with Crippen LogP contribution in [0.5, 0.6) is 0 Å². The minimum absolute atomic E-state index is 0.0521. The van der Waals surface area contributed by atoms with Crippen LogP contribution < -0.4 is 5.32 Å². The Morgan fingerprint density at radius 2 is 2.17 bits per heavy atom. The predicted octanol–water partition coefficient (Wildman–Crippen LogP) is 1.54. The smallest absolute Gasteiger partial charge is 0.239 e. The van der Waals surface area contributed by atoms with Crippen LogP contribution in [0.15, 0.2) is 0 Å². The molecule has 2 aliphatic heterocycles. The number of likely N-dealkylation sites (tertiary alicyclic amines) is 1. The lowest BCUT2D eigenvalue weighted by atomic mass is 10.0. The van der Waals surface area contributed by atoms with E-state index >= 15 is 0 Å². The summed E-state index contributed by atoms with van der Waals surface area (Å²) in [7, 11) is 0. The van der Waals surface area contributed by atoms with Gasteiger partial charge in [-0.2, -0.15) is 0 Å². The first kappa shape index (κ1) is 13.8. The molecular formula is C14H26N2O2. The molecule has 0 radical (unpaired) electrons. The Bertz CT molecular complexity index is 277. The van der Waals surface area contributed by atoms with Crippen molar-refractivity contribution in [2.24, 2.45) is 0 Å². The zero-order valence-electron chi connectivity index (χ0n) is 11.7. The van der Waals surface area contributed by atoms with Crippen molar-refractivity contribution < 1.29 is 9.53 Å². The van der Waals surface area contributed by atoms with Crippen molar-refractivity contribution in [2.75, 3.05) is 19.7 Å². The van der Waals surface area contributed by atoms with Gasteiger partial charge in [-0.05, 0) is 39.0 Å². The fourth-order valence-electron chi connectivity index (χ4n) is 2.95. The topological polar surface area (TPSA) is 41.6 Å². The third-order valence-electron chi connectivity index (χ3n) is 4.10. The molecule has 1 amide bonds. The first-order valence-corrected chi connectivity index (χ1v) is 7.37. The standard InChI is InChI=1S/C14H26N2O2/c1-3-13-10-12(6-9-18-13)15-11(2)14(17)16-7-4-5-8-16/h11-13,15H,3-10H2,1-2H3. The number of hydrogen-bond acceptors (Lipinski definition) is 3. The molecule has 2 rings (SSSR count). The number of rotatable bonds is 4. The normalized spacial score (nSPS) is 30.4. The number of ether oxygens (including phenoxy) is 1. The van der Waals surface area contributed by atoms with Crippen LogP contribution in [0.1, 0.15) is 46.0 Å². The number of nitrogens with zero attached hydrogens (tertiary/aromatic N) is 1. The van der Waals surface area contributed by atoms with Crippen LogP contribution in [0.3, 0.4) is 0 Å². The van der Waals surface area contributed by atoms with Gasteiger partial charge in [-0.15, -0.1) is 0 Å². The van der Waals surface area contributed by atoms with Gasteiger partial charge in [-0.3, -0.25) is 4.79 Å². The first-order chi connectivity index (χ1) is 8.70. The van der Waals surface area contributed by atoms with Crippen LogP contribution in [-0.4, -0.2) is 48.7 Å². The molecule has 2 heterocycles. The van der Waals surface area contributed by atoms with Gasteiger partial charge in [-0.25, -0.2) is 0 Å². The Kier molecular flexibility index (Phi) is 5.01. The number of carbonyl (C=O) groups is 1. The molecule has 2 aliphatic rings. The first-order valence-electron chi connectivity index (χ1n) is 7.37. The van der Waals surface area contributed by atoms with Crippen molar-refractivity contribution in [2.45, 2.75) is 64.1 Å². The van der Waals surface area contributed by atoms with Crippen molar-refractivity contribution in [1.82, 2.24) is 10.2 Å². The second-order valence-electron chi connectivity index (χ2n) is 5.54.